The highest BCUT2D eigenvalue weighted by atomic mass is 15.0. The lowest BCUT2D eigenvalue weighted by Gasteiger charge is -2.32. The molecule has 0 aliphatic rings. The fourth-order valence-electron chi connectivity index (χ4n) is 2.96. The normalized spacial score (nSPS) is 14.3. The van der Waals surface area contributed by atoms with Crippen molar-refractivity contribution >= 4 is 10.9 Å². The van der Waals surface area contributed by atoms with E-state index in [4.69, 9.17) is 0 Å². The number of hydrogen-bond acceptors (Lipinski definition) is 0. The van der Waals surface area contributed by atoms with Gasteiger partial charge in [-0.05, 0) is 37.5 Å². The van der Waals surface area contributed by atoms with E-state index in [0.717, 1.165) is 6.42 Å². The first kappa shape index (κ1) is 13.0. The van der Waals surface area contributed by atoms with E-state index in [2.05, 4.69) is 86.1 Å². The van der Waals surface area contributed by atoms with Crippen LogP contribution in [0.5, 0.6) is 0 Å². The van der Waals surface area contributed by atoms with Gasteiger partial charge in [0.05, 0.1) is 5.54 Å². The van der Waals surface area contributed by atoms with Crippen LogP contribution in [0.4, 0.5) is 0 Å². The summed E-state index contributed by atoms with van der Waals surface area (Å²) in [5.41, 5.74) is 3.78. The number of hydrogen-bond donors (Lipinski definition) is 0. The number of benzene rings is 2. The largest absolute Gasteiger partial charge is 0.337 e. The summed E-state index contributed by atoms with van der Waals surface area (Å²) in [6.07, 6.45) is 3.07. The maximum Gasteiger partial charge on any atom is 0.0668 e. The third kappa shape index (κ3) is 1.85. The molecule has 101 valence electrons. The van der Waals surface area contributed by atoms with Crippen LogP contribution in [0.15, 0.2) is 60.8 Å². The van der Waals surface area contributed by atoms with Crippen molar-refractivity contribution in [3.05, 3.63) is 78.8 Å². The average Bonchev–Trinajstić information content (AvgIpc) is 2.85. The van der Waals surface area contributed by atoms with Crippen molar-refractivity contribution in [3.8, 4) is 0 Å². The molecular weight excluding hydrogens is 242 g/mol. The average molecular weight is 262 g/mol. The Balaban J connectivity index is 2.27. The van der Waals surface area contributed by atoms with E-state index >= 15 is 0 Å². The summed E-state index contributed by atoms with van der Waals surface area (Å²) in [4.78, 5) is 0. The summed E-state index contributed by atoms with van der Waals surface area (Å²) in [5.74, 6) is 0. The quantitative estimate of drug-likeness (QED) is 0.630. The van der Waals surface area contributed by atoms with Crippen LogP contribution in [0.2, 0.25) is 0 Å². The predicted molar refractivity (Wildman–Crippen MR) is 85.8 cm³/mol. The molecule has 1 unspecified atom stereocenters. The first-order chi connectivity index (χ1) is 9.66. The Hall–Kier alpha value is -2.02. The van der Waals surface area contributed by atoms with Gasteiger partial charge in [-0.2, -0.15) is 0 Å². The molecule has 0 saturated heterocycles. The molecule has 0 spiro atoms. The van der Waals surface area contributed by atoms with Crippen LogP contribution in [0.3, 0.4) is 0 Å². The maximum absolute atomic E-state index is 4.21. The third-order valence-corrected chi connectivity index (χ3v) is 4.33. The molecule has 0 bridgehead atoms. The number of nitrogens with zero attached hydrogens (tertiary/aromatic N) is 1. The van der Waals surface area contributed by atoms with Gasteiger partial charge in [0.1, 0.15) is 0 Å². The molecule has 1 nitrogen and oxygen atoms in total. The van der Waals surface area contributed by atoms with E-state index in [9.17, 15) is 0 Å². The minimum Gasteiger partial charge on any atom is -0.337 e. The van der Waals surface area contributed by atoms with Crippen molar-refractivity contribution in [1.29, 1.82) is 0 Å². The molecule has 0 aliphatic heterocycles. The molecule has 0 amide bonds. The number of para-hydroxylation sites is 1. The summed E-state index contributed by atoms with van der Waals surface area (Å²) in [7, 11) is 0. The van der Waals surface area contributed by atoms with E-state index in [1.165, 1.54) is 22.0 Å². The molecule has 3 rings (SSSR count). The minimum absolute atomic E-state index is 0.116. The smallest absolute Gasteiger partial charge is 0.0668 e. The topological polar surface area (TPSA) is 4.93 Å². The van der Waals surface area contributed by atoms with E-state index < -0.39 is 0 Å². The first-order valence-electron chi connectivity index (χ1n) is 7.09. The highest BCUT2D eigenvalue weighted by Crippen LogP contribution is 2.34. The van der Waals surface area contributed by atoms with E-state index in [-0.39, 0.29) is 5.54 Å². The lowest BCUT2D eigenvalue weighted by atomic mass is 9.89. The first-order valence-corrected chi connectivity index (χ1v) is 7.09. The van der Waals surface area contributed by atoms with Gasteiger partial charge in [-0.15, -0.1) is 0 Å². The molecule has 0 fully saturated rings. The molecule has 0 saturated carbocycles. The van der Waals surface area contributed by atoms with Crippen LogP contribution < -0.4 is 0 Å². The lowest BCUT2D eigenvalue weighted by Crippen LogP contribution is -2.30. The van der Waals surface area contributed by atoms with Crippen LogP contribution in [0.25, 0.3) is 10.9 Å². The highest BCUT2D eigenvalue weighted by Gasteiger charge is 2.28. The van der Waals surface area contributed by atoms with Gasteiger partial charge < -0.3 is 4.57 Å². The highest BCUT2D eigenvalue weighted by molar-refractivity contribution is 5.84. The fraction of sp³-hybridized carbons (Fsp3) is 0.211. The van der Waals surface area contributed by atoms with Gasteiger partial charge in [0.2, 0.25) is 0 Å². The second-order valence-electron chi connectivity index (χ2n) is 5.59. The van der Waals surface area contributed by atoms with E-state index in [0.29, 0.717) is 0 Å². The van der Waals surface area contributed by atoms with Gasteiger partial charge in [-0.1, -0.05) is 55.5 Å². The van der Waals surface area contributed by atoms with E-state index in [1.807, 2.05) is 0 Å². The number of fused-ring (bicyclic) bond motifs is 1. The number of aryl methyl sites for hydroxylation is 1. The fourth-order valence-corrected chi connectivity index (χ4v) is 2.96. The van der Waals surface area contributed by atoms with Gasteiger partial charge in [-0.3, -0.25) is 0 Å². The van der Waals surface area contributed by atoms with Gasteiger partial charge in [0.25, 0.3) is 0 Å². The van der Waals surface area contributed by atoms with Gasteiger partial charge >= 0.3 is 0 Å². The zero-order valence-electron chi connectivity index (χ0n) is 12.1. The Bertz CT molecular complexity index is 724. The summed E-state index contributed by atoms with van der Waals surface area (Å²) >= 11 is 0. The Morgan fingerprint density at radius 3 is 2.35 bits per heavy atom. The third-order valence-electron chi connectivity index (χ3n) is 4.33. The Kier molecular flexibility index (Phi) is 3.13. The van der Waals surface area contributed by atoms with Crippen molar-refractivity contribution in [3.63, 3.8) is 0 Å². The molecule has 3 aromatic rings. The summed E-state index contributed by atoms with van der Waals surface area (Å²) < 4.78 is 2.38. The van der Waals surface area contributed by atoms with Crippen LogP contribution in [-0.2, 0) is 5.54 Å². The summed E-state index contributed by atoms with van der Waals surface area (Å²) in [5, 5.41) is 1.32. The zero-order chi connectivity index (χ0) is 14.2. The minimum atomic E-state index is -0.116. The molecule has 1 heteroatoms. The molecule has 1 radical (unpaired) electrons. The SMILES string of the molecule is [CH2]CC(C)(c1ccccc1)n1cc(C)c2ccccc21. The molecule has 0 aliphatic carbocycles. The van der Waals surface area contributed by atoms with Crippen LogP contribution in [0, 0.1) is 13.8 Å². The molecule has 0 N–H and O–H groups in total. The molecule has 1 heterocycles. The van der Waals surface area contributed by atoms with Crippen molar-refractivity contribution in [1.82, 2.24) is 4.57 Å². The Morgan fingerprint density at radius 2 is 1.65 bits per heavy atom. The van der Waals surface area contributed by atoms with Crippen molar-refractivity contribution in [2.24, 2.45) is 0 Å². The lowest BCUT2D eigenvalue weighted by molar-refractivity contribution is 0.409. The summed E-state index contributed by atoms with van der Waals surface area (Å²) in [6.45, 7) is 8.64. The van der Waals surface area contributed by atoms with E-state index in [1.54, 1.807) is 0 Å². The summed E-state index contributed by atoms with van der Waals surface area (Å²) in [6, 6.07) is 19.2. The number of rotatable bonds is 3. The van der Waals surface area contributed by atoms with Gasteiger partial charge in [-0.25, -0.2) is 0 Å². The predicted octanol–water partition coefficient (Wildman–Crippen LogP) is 4.94. The zero-order valence-corrected chi connectivity index (χ0v) is 12.1. The van der Waals surface area contributed by atoms with Gasteiger partial charge in [0.15, 0.2) is 0 Å². The van der Waals surface area contributed by atoms with Crippen LogP contribution >= 0.6 is 0 Å². The second-order valence-corrected chi connectivity index (χ2v) is 5.59. The molecule has 1 atom stereocenters. The maximum atomic E-state index is 4.21. The monoisotopic (exact) mass is 262 g/mol. The molecule has 2 aromatic carbocycles. The van der Waals surface area contributed by atoms with Crippen molar-refractivity contribution < 1.29 is 0 Å². The van der Waals surface area contributed by atoms with Crippen molar-refractivity contribution in [2.45, 2.75) is 25.8 Å². The molecule has 1 aromatic heterocycles. The van der Waals surface area contributed by atoms with Crippen LogP contribution in [0.1, 0.15) is 24.5 Å². The van der Waals surface area contributed by atoms with Crippen molar-refractivity contribution in [2.75, 3.05) is 0 Å². The Labute approximate surface area is 120 Å². The van der Waals surface area contributed by atoms with Crippen LogP contribution in [-0.4, -0.2) is 4.57 Å². The Morgan fingerprint density at radius 1 is 1.00 bits per heavy atom. The molecule has 20 heavy (non-hydrogen) atoms. The van der Waals surface area contributed by atoms with Gasteiger partial charge in [0, 0.05) is 17.1 Å². The standard InChI is InChI=1S/C19H20N/c1-4-19(3,16-10-6-5-7-11-16)20-14-15(2)17-12-8-9-13-18(17)20/h5-14H,1,4H2,2-3H3. The second kappa shape index (κ2) is 4.82. The molecular formula is C19H20N. The number of aromatic nitrogens is 1.